The molecule has 1 aliphatic carbocycles. The van der Waals surface area contributed by atoms with Gasteiger partial charge in [0.25, 0.3) is 0 Å². The maximum atomic E-state index is 5.32. The molecule has 0 radical (unpaired) electrons. The zero-order chi connectivity index (χ0) is 10.5. The van der Waals surface area contributed by atoms with E-state index in [4.69, 9.17) is 12.2 Å². The topological polar surface area (TPSA) is 33.6 Å². The van der Waals surface area contributed by atoms with E-state index in [1.54, 1.807) is 0 Å². The molecule has 0 bridgehead atoms. The smallest absolute Gasteiger partial charge is 0.179 e. The van der Waals surface area contributed by atoms with Crippen molar-refractivity contribution in [3.63, 3.8) is 0 Å². The Bertz CT molecular complexity index is 562. The van der Waals surface area contributed by atoms with Crippen LogP contribution in [0.2, 0.25) is 0 Å². The van der Waals surface area contributed by atoms with E-state index in [1.165, 1.54) is 12.8 Å². The van der Waals surface area contributed by atoms with Gasteiger partial charge in [0.05, 0.1) is 5.52 Å². The summed E-state index contributed by atoms with van der Waals surface area (Å²) in [5.74, 6) is 0. The normalized spacial score (nSPS) is 18.2. The number of aromatic amines is 1. The van der Waals surface area contributed by atoms with E-state index in [-0.39, 0.29) is 0 Å². The Morgan fingerprint density at radius 3 is 3.13 bits per heavy atom. The highest BCUT2D eigenvalue weighted by Gasteiger charge is 2.38. The number of nitrogens with one attached hydrogen (secondary N) is 1. The van der Waals surface area contributed by atoms with Crippen LogP contribution in [0.4, 0.5) is 0 Å². The van der Waals surface area contributed by atoms with Gasteiger partial charge in [0.15, 0.2) is 10.4 Å². The number of imidazole rings is 1. The summed E-state index contributed by atoms with van der Waals surface area (Å²) in [6.45, 7) is 3.29. The molecular weight excluding hydrogens is 206 g/mol. The predicted octanol–water partition coefficient (Wildman–Crippen LogP) is 2.89. The first-order chi connectivity index (χ1) is 7.18. The number of hydrogen-bond acceptors (Lipinski definition) is 2. The minimum absolute atomic E-state index is 0.449. The fourth-order valence-electron chi connectivity index (χ4n) is 1.89. The van der Waals surface area contributed by atoms with Gasteiger partial charge >= 0.3 is 0 Å². The number of nitrogens with zero attached hydrogens (tertiary/aromatic N) is 2. The molecule has 1 saturated carbocycles. The average Bonchev–Trinajstić information content (AvgIpc) is 2.86. The summed E-state index contributed by atoms with van der Waals surface area (Å²) in [6, 6.07) is 3.95. The van der Waals surface area contributed by atoms with Crippen LogP contribution in [0, 0.1) is 10.2 Å². The van der Waals surface area contributed by atoms with Gasteiger partial charge in [0.2, 0.25) is 0 Å². The number of pyridine rings is 1. The molecule has 0 aromatic carbocycles. The van der Waals surface area contributed by atoms with E-state index in [2.05, 4.69) is 21.5 Å². The first-order valence-corrected chi connectivity index (χ1v) is 5.62. The average molecular weight is 219 g/mol. The Morgan fingerprint density at radius 1 is 1.60 bits per heavy atom. The van der Waals surface area contributed by atoms with Crippen LogP contribution in [0.3, 0.4) is 0 Å². The lowest BCUT2D eigenvalue weighted by atomic mass is 10.1. The van der Waals surface area contributed by atoms with Crippen LogP contribution in [0.1, 0.15) is 19.8 Å². The molecule has 1 fully saturated rings. The molecule has 2 heterocycles. The van der Waals surface area contributed by atoms with Gasteiger partial charge in [-0.25, -0.2) is 4.98 Å². The Kier molecular flexibility index (Phi) is 1.77. The first-order valence-electron chi connectivity index (χ1n) is 5.22. The molecule has 78 valence electrons. The van der Waals surface area contributed by atoms with Crippen molar-refractivity contribution in [2.75, 3.05) is 0 Å². The van der Waals surface area contributed by atoms with E-state index in [9.17, 15) is 0 Å². The van der Waals surface area contributed by atoms with Crippen molar-refractivity contribution in [1.29, 1.82) is 0 Å². The van der Waals surface area contributed by atoms with E-state index < -0.39 is 0 Å². The van der Waals surface area contributed by atoms with Crippen LogP contribution in [-0.4, -0.2) is 14.5 Å². The van der Waals surface area contributed by atoms with Crippen LogP contribution in [-0.2, 0) is 6.54 Å². The van der Waals surface area contributed by atoms with Crippen LogP contribution in [0.25, 0.3) is 11.2 Å². The van der Waals surface area contributed by atoms with Gasteiger partial charge in [0.1, 0.15) is 0 Å². The zero-order valence-corrected chi connectivity index (χ0v) is 9.47. The van der Waals surface area contributed by atoms with E-state index in [1.807, 2.05) is 18.3 Å². The molecule has 0 spiro atoms. The number of rotatable bonds is 2. The van der Waals surface area contributed by atoms with Crippen molar-refractivity contribution in [2.24, 2.45) is 5.41 Å². The molecule has 3 nitrogen and oxygen atoms in total. The van der Waals surface area contributed by atoms with Crippen LogP contribution < -0.4 is 0 Å². The molecule has 15 heavy (non-hydrogen) atoms. The predicted molar refractivity (Wildman–Crippen MR) is 62.3 cm³/mol. The van der Waals surface area contributed by atoms with Gasteiger partial charge < -0.3 is 9.55 Å². The molecule has 2 aromatic heterocycles. The first kappa shape index (κ1) is 9.09. The van der Waals surface area contributed by atoms with Gasteiger partial charge in [-0.3, -0.25) is 0 Å². The third-order valence-electron chi connectivity index (χ3n) is 3.17. The van der Waals surface area contributed by atoms with E-state index >= 15 is 0 Å². The number of hydrogen-bond donors (Lipinski definition) is 1. The lowest BCUT2D eigenvalue weighted by Gasteiger charge is -2.09. The Balaban J connectivity index is 2.16. The minimum Gasteiger partial charge on any atom is -0.329 e. The SMILES string of the molecule is CC1(Cn2c(=S)[nH]c3cccnc32)CC1. The quantitative estimate of drug-likeness (QED) is 0.788. The van der Waals surface area contributed by atoms with E-state index in [0.717, 1.165) is 22.5 Å². The molecule has 4 heteroatoms. The van der Waals surface area contributed by atoms with Crippen molar-refractivity contribution in [3.8, 4) is 0 Å². The Morgan fingerprint density at radius 2 is 2.40 bits per heavy atom. The Hall–Kier alpha value is -1.16. The molecule has 3 rings (SSSR count). The summed E-state index contributed by atoms with van der Waals surface area (Å²) in [7, 11) is 0. The largest absolute Gasteiger partial charge is 0.329 e. The molecule has 0 aliphatic heterocycles. The second-order valence-corrected chi connectivity index (χ2v) is 5.09. The van der Waals surface area contributed by atoms with Crippen LogP contribution in [0.15, 0.2) is 18.3 Å². The second-order valence-electron chi connectivity index (χ2n) is 4.70. The summed E-state index contributed by atoms with van der Waals surface area (Å²) in [5.41, 5.74) is 2.47. The summed E-state index contributed by atoms with van der Waals surface area (Å²) in [5, 5.41) is 0. The third kappa shape index (κ3) is 1.49. The van der Waals surface area contributed by atoms with Crippen molar-refractivity contribution >= 4 is 23.4 Å². The Labute approximate surface area is 93.1 Å². The van der Waals surface area contributed by atoms with Crippen molar-refractivity contribution < 1.29 is 0 Å². The molecule has 1 aliphatic rings. The highest BCUT2D eigenvalue weighted by atomic mass is 32.1. The minimum atomic E-state index is 0.449. The van der Waals surface area contributed by atoms with Gasteiger partial charge in [-0.05, 0) is 42.6 Å². The van der Waals surface area contributed by atoms with E-state index in [0.29, 0.717) is 5.41 Å². The zero-order valence-electron chi connectivity index (χ0n) is 8.66. The highest BCUT2D eigenvalue weighted by Crippen LogP contribution is 2.46. The molecule has 0 amide bonds. The molecule has 1 N–H and O–H groups in total. The highest BCUT2D eigenvalue weighted by molar-refractivity contribution is 7.71. The monoisotopic (exact) mass is 219 g/mol. The molecular formula is C11H13N3S. The van der Waals surface area contributed by atoms with Crippen LogP contribution >= 0.6 is 12.2 Å². The second kappa shape index (κ2) is 2.92. The number of fused-ring (bicyclic) bond motifs is 1. The maximum absolute atomic E-state index is 5.32. The molecule has 0 atom stereocenters. The standard InChI is InChI=1S/C11H13N3S/c1-11(4-5-11)7-14-9-8(13-10(14)15)3-2-6-12-9/h2-3,6H,4-5,7H2,1H3,(H,13,15). The lowest BCUT2D eigenvalue weighted by Crippen LogP contribution is -2.08. The molecule has 0 saturated heterocycles. The van der Waals surface area contributed by atoms with Crippen molar-refractivity contribution in [2.45, 2.75) is 26.3 Å². The maximum Gasteiger partial charge on any atom is 0.179 e. The summed E-state index contributed by atoms with van der Waals surface area (Å²) in [6.07, 6.45) is 4.42. The summed E-state index contributed by atoms with van der Waals surface area (Å²) in [4.78, 5) is 7.57. The number of H-pyrrole nitrogens is 1. The van der Waals surface area contributed by atoms with Gasteiger partial charge in [-0.2, -0.15) is 0 Å². The third-order valence-corrected chi connectivity index (χ3v) is 3.49. The number of aromatic nitrogens is 3. The summed E-state index contributed by atoms with van der Waals surface area (Å²) >= 11 is 5.32. The van der Waals surface area contributed by atoms with Gasteiger partial charge in [-0.15, -0.1) is 0 Å². The molecule has 2 aromatic rings. The van der Waals surface area contributed by atoms with Crippen molar-refractivity contribution in [3.05, 3.63) is 23.1 Å². The summed E-state index contributed by atoms with van der Waals surface area (Å²) < 4.78 is 2.91. The lowest BCUT2D eigenvalue weighted by molar-refractivity contribution is 0.467. The van der Waals surface area contributed by atoms with Crippen LogP contribution in [0.5, 0.6) is 0 Å². The fourth-order valence-corrected chi connectivity index (χ4v) is 2.15. The fraction of sp³-hybridized carbons (Fsp3) is 0.455. The van der Waals surface area contributed by atoms with Crippen molar-refractivity contribution in [1.82, 2.24) is 14.5 Å². The molecule has 0 unspecified atom stereocenters. The van der Waals surface area contributed by atoms with Gasteiger partial charge in [0, 0.05) is 12.7 Å². The van der Waals surface area contributed by atoms with Gasteiger partial charge in [-0.1, -0.05) is 6.92 Å².